The Hall–Kier alpha value is -1.57. The lowest BCUT2D eigenvalue weighted by Crippen LogP contribution is -2.20. The van der Waals surface area contributed by atoms with E-state index in [0.29, 0.717) is 23.7 Å². The van der Waals surface area contributed by atoms with Crippen LogP contribution < -0.4 is 0 Å². The topological polar surface area (TPSA) is 20.3 Å². The summed E-state index contributed by atoms with van der Waals surface area (Å²) in [5, 5.41) is 0. The fourth-order valence-corrected chi connectivity index (χ4v) is 2.48. The highest BCUT2D eigenvalue weighted by molar-refractivity contribution is 5.78. The molecule has 2 atom stereocenters. The predicted molar refractivity (Wildman–Crippen MR) is 95.5 cm³/mol. The monoisotopic (exact) mass is 301 g/mol. The van der Waals surface area contributed by atoms with E-state index < -0.39 is 0 Å². The van der Waals surface area contributed by atoms with Crippen molar-refractivity contribution in [2.45, 2.75) is 40.5 Å². The van der Waals surface area contributed by atoms with Crippen LogP contribution in [0.5, 0.6) is 0 Å². The van der Waals surface area contributed by atoms with Gasteiger partial charge in [-0.05, 0) is 23.3 Å². The van der Waals surface area contributed by atoms with E-state index in [0.717, 1.165) is 13.0 Å². The Morgan fingerprint density at radius 2 is 1.86 bits per heavy atom. The summed E-state index contributed by atoms with van der Waals surface area (Å²) in [6.07, 6.45) is 6.32. The molecule has 0 saturated carbocycles. The van der Waals surface area contributed by atoms with Crippen LogP contribution in [0.1, 0.15) is 46.1 Å². The van der Waals surface area contributed by atoms with Crippen molar-refractivity contribution >= 4 is 12.0 Å². The van der Waals surface area contributed by atoms with E-state index in [2.05, 4.69) is 64.1 Å². The summed E-state index contributed by atoms with van der Waals surface area (Å²) in [5.74, 6) is 2.26. The average molecular weight is 301 g/mol. The molecule has 1 fully saturated rings. The number of carbonyl (C=O) groups excluding carboxylic acids is 1. The number of allylic oxidation sites excluding steroid dienone is 1. The minimum absolute atomic E-state index is 0.315. The SMILES string of the molecule is CC(C)/C=C/c1ccccc1.CCC(C)C1CC(=O)N(C)C1. The molecule has 1 aliphatic rings. The Labute approximate surface area is 136 Å². The van der Waals surface area contributed by atoms with Gasteiger partial charge >= 0.3 is 0 Å². The molecule has 2 nitrogen and oxygen atoms in total. The third-order valence-electron chi connectivity index (χ3n) is 4.29. The van der Waals surface area contributed by atoms with E-state index in [1.54, 1.807) is 0 Å². The molecule has 1 amide bonds. The number of hydrogen-bond donors (Lipinski definition) is 0. The second-order valence-corrected chi connectivity index (χ2v) is 6.64. The highest BCUT2D eigenvalue weighted by Gasteiger charge is 2.29. The van der Waals surface area contributed by atoms with Crippen LogP contribution in [-0.4, -0.2) is 24.4 Å². The summed E-state index contributed by atoms with van der Waals surface area (Å²) < 4.78 is 0. The van der Waals surface area contributed by atoms with E-state index in [1.807, 2.05) is 18.0 Å². The van der Waals surface area contributed by atoms with Crippen molar-refractivity contribution in [3.63, 3.8) is 0 Å². The molecule has 1 aromatic carbocycles. The molecule has 1 aliphatic heterocycles. The van der Waals surface area contributed by atoms with Gasteiger partial charge in [0.25, 0.3) is 0 Å². The zero-order chi connectivity index (χ0) is 16.5. The van der Waals surface area contributed by atoms with Crippen molar-refractivity contribution in [1.29, 1.82) is 0 Å². The van der Waals surface area contributed by atoms with E-state index in [-0.39, 0.29) is 0 Å². The van der Waals surface area contributed by atoms with Crippen LogP contribution in [0.4, 0.5) is 0 Å². The third kappa shape index (κ3) is 6.46. The lowest BCUT2D eigenvalue weighted by atomic mass is 9.91. The van der Waals surface area contributed by atoms with Crippen molar-refractivity contribution < 1.29 is 4.79 Å². The number of likely N-dealkylation sites (tertiary alicyclic amines) is 1. The smallest absolute Gasteiger partial charge is 0.222 e. The quantitative estimate of drug-likeness (QED) is 0.777. The van der Waals surface area contributed by atoms with Crippen molar-refractivity contribution in [3.8, 4) is 0 Å². The molecule has 1 aromatic rings. The average Bonchev–Trinajstić information content (AvgIpc) is 2.85. The highest BCUT2D eigenvalue weighted by Crippen LogP contribution is 2.25. The summed E-state index contributed by atoms with van der Waals surface area (Å²) in [4.78, 5) is 13.0. The first-order chi connectivity index (χ1) is 10.4. The lowest BCUT2D eigenvalue weighted by molar-refractivity contribution is -0.126. The Kier molecular flexibility index (Phi) is 7.94. The Morgan fingerprint density at radius 1 is 1.23 bits per heavy atom. The van der Waals surface area contributed by atoms with Crippen LogP contribution >= 0.6 is 0 Å². The molecule has 2 heteroatoms. The fourth-order valence-electron chi connectivity index (χ4n) is 2.48. The third-order valence-corrected chi connectivity index (χ3v) is 4.29. The van der Waals surface area contributed by atoms with Gasteiger partial charge in [-0.15, -0.1) is 0 Å². The second kappa shape index (κ2) is 9.45. The molecule has 1 saturated heterocycles. The lowest BCUT2D eigenvalue weighted by Gasteiger charge is -2.15. The van der Waals surface area contributed by atoms with E-state index in [4.69, 9.17) is 0 Å². The minimum atomic E-state index is 0.315. The first kappa shape index (κ1) is 18.5. The van der Waals surface area contributed by atoms with Crippen molar-refractivity contribution in [2.24, 2.45) is 17.8 Å². The van der Waals surface area contributed by atoms with Gasteiger partial charge in [-0.25, -0.2) is 0 Å². The van der Waals surface area contributed by atoms with Gasteiger partial charge in [-0.2, -0.15) is 0 Å². The predicted octanol–water partition coefficient (Wildman–Crippen LogP) is 4.87. The molecule has 0 radical (unpaired) electrons. The molecule has 0 N–H and O–H groups in total. The maximum Gasteiger partial charge on any atom is 0.222 e. The molecular formula is C20H31NO. The van der Waals surface area contributed by atoms with Gasteiger partial charge in [0.1, 0.15) is 0 Å². The van der Waals surface area contributed by atoms with Crippen LogP contribution in [0, 0.1) is 17.8 Å². The maximum atomic E-state index is 11.1. The zero-order valence-corrected chi connectivity index (χ0v) is 14.8. The summed E-state index contributed by atoms with van der Waals surface area (Å²) in [6, 6.07) is 10.4. The van der Waals surface area contributed by atoms with Crippen LogP contribution in [0.15, 0.2) is 36.4 Å². The van der Waals surface area contributed by atoms with Gasteiger partial charge in [-0.1, -0.05) is 76.6 Å². The van der Waals surface area contributed by atoms with Crippen molar-refractivity contribution in [1.82, 2.24) is 4.90 Å². The number of rotatable bonds is 4. The minimum Gasteiger partial charge on any atom is -0.345 e. The number of amides is 1. The van der Waals surface area contributed by atoms with Gasteiger partial charge in [0, 0.05) is 20.0 Å². The molecule has 2 unspecified atom stereocenters. The largest absolute Gasteiger partial charge is 0.345 e. The Morgan fingerprint density at radius 3 is 2.32 bits per heavy atom. The number of hydrogen-bond acceptors (Lipinski definition) is 1. The summed E-state index contributed by atoms with van der Waals surface area (Å²) in [5.41, 5.74) is 1.28. The molecule has 0 aromatic heterocycles. The molecule has 2 rings (SSSR count). The maximum absolute atomic E-state index is 11.1. The second-order valence-electron chi connectivity index (χ2n) is 6.64. The van der Waals surface area contributed by atoms with Gasteiger partial charge in [0.2, 0.25) is 5.91 Å². The van der Waals surface area contributed by atoms with Crippen molar-refractivity contribution in [2.75, 3.05) is 13.6 Å². The van der Waals surface area contributed by atoms with Crippen LogP contribution in [0.2, 0.25) is 0 Å². The van der Waals surface area contributed by atoms with Gasteiger partial charge in [0.05, 0.1) is 0 Å². The first-order valence-electron chi connectivity index (χ1n) is 8.41. The van der Waals surface area contributed by atoms with E-state index in [9.17, 15) is 4.79 Å². The van der Waals surface area contributed by atoms with Crippen LogP contribution in [-0.2, 0) is 4.79 Å². The molecular weight excluding hydrogens is 270 g/mol. The van der Waals surface area contributed by atoms with Gasteiger partial charge in [-0.3, -0.25) is 4.79 Å². The summed E-state index contributed by atoms with van der Waals surface area (Å²) in [7, 11) is 1.89. The van der Waals surface area contributed by atoms with Crippen molar-refractivity contribution in [3.05, 3.63) is 42.0 Å². The van der Waals surface area contributed by atoms with Crippen LogP contribution in [0.3, 0.4) is 0 Å². The van der Waals surface area contributed by atoms with Gasteiger partial charge < -0.3 is 4.90 Å². The molecule has 0 aliphatic carbocycles. The summed E-state index contributed by atoms with van der Waals surface area (Å²) in [6.45, 7) is 9.75. The Balaban J connectivity index is 0.000000220. The first-order valence-corrected chi connectivity index (χ1v) is 8.41. The number of benzene rings is 1. The molecule has 22 heavy (non-hydrogen) atoms. The zero-order valence-electron chi connectivity index (χ0n) is 14.8. The van der Waals surface area contributed by atoms with E-state index in [1.165, 1.54) is 12.0 Å². The molecule has 122 valence electrons. The van der Waals surface area contributed by atoms with Crippen LogP contribution in [0.25, 0.3) is 6.08 Å². The van der Waals surface area contributed by atoms with E-state index >= 15 is 0 Å². The normalized spacial score (nSPS) is 19.5. The molecule has 1 heterocycles. The van der Waals surface area contributed by atoms with Gasteiger partial charge in [0.15, 0.2) is 0 Å². The fraction of sp³-hybridized carbons (Fsp3) is 0.550. The summed E-state index contributed by atoms with van der Waals surface area (Å²) >= 11 is 0. The standard InChI is InChI=1S/C11H14.C9H17NO/c1-10(2)8-9-11-6-4-3-5-7-11;1-4-7(2)8-5-9(11)10(3)6-8/h3-10H,1-2H3;7-8H,4-6H2,1-3H3/b9-8+;. The Bertz CT molecular complexity index is 464. The number of nitrogens with zero attached hydrogens (tertiary/aromatic N) is 1. The molecule has 0 bridgehead atoms. The number of carbonyl (C=O) groups is 1. The highest BCUT2D eigenvalue weighted by atomic mass is 16.2. The molecule has 0 spiro atoms.